The van der Waals surface area contributed by atoms with E-state index in [-0.39, 0.29) is 0 Å². The second kappa shape index (κ2) is 4.73. The minimum Gasteiger partial charge on any atom is -0.350 e. The lowest BCUT2D eigenvalue weighted by Gasteiger charge is -2.18. The first-order valence-electron chi connectivity index (χ1n) is 6.19. The van der Waals surface area contributed by atoms with E-state index in [0.717, 1.165) is 12.1 Å². The summed E-state index contributed by atoms with van der Waals surface area (Å²) >= 11 is 0. The van der Waals surface area contributed by atoms with E-state index in [1.54, 1.807) is 0 Å². The predicted octanol–water partition coefficient (Wildman–Crippen LogP) is 2.88. The standard InChI is InChI=1S/C13H20N4/c1-5-10(3)11(4)14-13-15-12-7-6-9(2)8-17(12)16-13/h6-8,10-11H,5H2,1-4H3,(H,14,16). The van der Waals surface area contributed by atoms with E-state index in [9.17, 15) is 0 Å². The molecule has 2 rings (SSSR count). The Morgan fingerprint density at radius 3 is 2.82 bits per heavy atom. The Balaban J connectivity index is 2.19. The van der Waals surface area contributed by atoms with Crippen molar-refractivity contribution < 1.29 is 0 Å². The fourth-order valence-corrected chi connectivity index (χ4v) is 1.75. The number of aryl methyl sites for hydroxylation is 1. The van der Waals surface area contributed by atoms with Crippen molar-refractivity contribution in [3.8, 4) is 0 Å². The van der Waals surface area contributed by atoms with E-state index in [4.69, 9.17) is 0 Å². The molecule has 4 heteroatoms. The van der Waals surface area contributed by atoms with Crippen molar-refractivity contribution in [1.82, 2.24) is 14.6 Å². The number of anilines is 1. The lowest BCUT2D eigenvalue weighted by Crippen LogP contribution is -2.23. The monoisotopic (exact) mass is 232 g/mol. The summed E-state index contributed by atoms with van der Waals surface area (Å²) in [6.07, 6.45) is 3.14. The van der Waals surface area contributed by atoms with Crippen LogP contribution in [0, 0.1) is 12.8 Å². The van der Waals surface area contributed by atoms with Gasteiger partial charge in [0, 0.05) is 12.2 Å². The summed E-state index contributed by atoms with van der Waals surface area (Å²) in [7, 11) is 0. The molecule has 0 amide bonds. The average Bonchev–Trinajstić information content (AvgIpc) is 2.69. The Hall–Kier alpha value is -1.58. The third kappa shape index (κ3) is 2.57. The number of nitrogens with zero attached hydrogens (tertiary/aromatic N) is 3. The van der Waals surface area contributed by atoms with E-state index in [0.29, 0.717) is 17.9 Å². The lowest BCUT2D eigenvalue weighted by atomic mass is 10.0. The molecular formula is C13H20N4. The summed E-state index contributed by atoms with van der Waals surface area (Å²) in [6.45, 7) is 8.65. The van der Waals surface area contributed by atoms with Gasteiger partial charge in [0.25, 0.3) is 0 Å². The van der Waals surface area contributed by atoms with Gasteiger partial charge >= 0.3 is 0 Å². The molecule has 17 heavy (non-hydrogen) atoms. The van der Waals surface area contributed by atoms with Gasteiger partial charge in [-0.25, -0.2) is 4.52 Å². The van der Waals surface area contributed by atoms with E-state index in [1.807, 2.05) is 22.8 Å². The molecule has 0 aliphatic heterocycles. The topological polar surface area (TPSA) is 42.2 Å². The molecule has 2 unspecified atom stereocenters. The Bertz CT molecular complexity index is 503. The van der Waals surface area contributed by atoms with Gasteiger partial charge in [0.1, 0.15) is 0 Å². The number of rotatable bonds is 4. The quantitative estimate of drug-likeness (QED) is 0.881. The molecule has 0 aliphatic carbocycles. The van der Waals surface area contributed by atoms with Crippen LogP contribution in [0.25, 0.3) is 5.65 Å². The molecule has 2 aromatic rings. The van der Waals surface area contributed by atoms with E-state index in [1.165, 1.54) is 5.56 Å². The van der Waals surface area contributed by atoms with Gasteiger partial charge in [-0.2, -0.15) is 4.98 Å². The third-order valence-electron chi connectivity index (χ3n) is 3.33. The Kier molecular flexibility index (Phi) is 3.31. The highest BCUT2D eigenvalue weighted by Gasteiger charge is 2.12. The number of aromatic nitrogens is 3. The van der Waals surface area contributed by atoms with Gasteiger partial charge in [-0.1, -0.05) is 26.3 Å². The number of pyridine rings is 1. The number of hydrogen-bond donors (Lipinski definition) is 1. The van der Waals surface area contributed by atoms with Gasteiger partial charge in [-0.3, -0.25) is 0 Å². The van der Waals surface area contributed by atoms with Gasteiger partial charge in [0.05, 0.1) is 0 Å². The van der Waals surface area contributed by atoms with Crippen LogP contribution in [-0.4, -0.2) is 20.6 Å². The van der Waals surface area contributed by atoms with Crippen LogP contribution in [0.3, 0.4) is 0 Å². The summed E-state index contributed by atoms with van der Waals surface area (Å²) < 4.78 is 1.82. The molecule has 0 saturated carbocycles. The van der Waals surface area contributed by atoms with Crippen molar-refractivity contribution in [2.24, 2.45) is 5.92 Å². The molecular weight excluding hydrogens is 212 g/mol. The van der Waals surface area contributed by atoms with E-state index < -0.39 is 0 Å². The van der Waals surface area contributed by atoms with Crippen molar-refractivity contribution in [2.45, 2.75) is 40.2 Å². The molecule has 0 radical (unpaired) electrons. The van der Waals surface area contributed by atoms with Gasteiger partial charge in [-0.05, 0) is 31.4 Å². The van der Waals surface area contributed by atoms with Gasteiger partial charge in [0.15, 0.2) is 5.65 Å². The summed E-state index contributed by atoms with van der Waals surface area (Å²) in [5, 5.41) is 7.78. The zero-order chi connectivity index (χ0) is 12.4. The smallest absolute Gasteiger partial charge is 0.243 e. The zero-order valence-corrected chi connectivity index (χ0v) is 10.9. The van der Waals surface area contributed by atoms with Gasteiger partial charge < -0.3 is 5.32 Å². The van der Waals surface area contributed by atoms with E-state index >= 15 is 0 Å². The molecule has 0 aliphatic rings. The second-order valence-corrected chi connectivity index (χ2v) is 4.76. The average molecular weight is 232 g/mol. The van der Waals surface area contributed by atoms with E-state index in [2.05, 4.69) is 43.1 Å². The fraction of sp³-hybridized carbons (Fsp3) is 0.538. The van der Waals surface area contributed by atoms with Crippen molar-refractivity contribution in [2.75, 3.05) is 5.32 Å². The van der Waals surface area contributed by atoms with Crippen molar-refractivity contribution >= 4 is 11.6 Å². The molecule has 2 atom stereocenters. The SMILES string of the molecule is CCC(C)C(C)Nc1nc2ccc(C)cn2n1. The Labute approximate surface area is 102 Å². The number of hydrogen-bond acceptors (Lipinski definition) is 3. The first-order chi connectivity index (χ1) is 8.10. The van der Waals surface area contributed by atoms with Crippen molar-refractivity contribution in [3.63, 3.8) is 0 Å². The van der Waals surface area contributed by atoms with Crippen LogP contribution in [0.2, 0.25) is 0 Å². The first kappa shape index (κ1) is 11.9. The highest BCUT2D eigenvalue weighted by atomic mass is 15.3. The summed E-state index contributed by atoms with van der Waals surface area (Å²) in [5.41, 5.74) is 2.07. The normalized spacial score (nSPS) is 14.8. The Morgan fingerprint density at radius 1 is 1.35 bits per heavy atom. The van der Waals surface area contributed by atoms with Crippen LogP contribution in [0.4, 0.5) is 5.95 Å². The van der Waals surface area contributed by atoms with Crippen LogP contribution in [0.15, 0.2) is 18.3 Å². The van der Waals surface area contributed by atoms with Gasteiger partial charge in [-0.15, -0.1) is 5.10 Å². The van der Waals surface area contributed by atoms with Gasteiger partial charge in [0.2, 0.25) is 5.95 Å². The highest BCUT2D eigenvalue weighted by molar-refractivity contribution is 5.44. The zero-order valence-electron chi connectivity index (χ0n) is 10.9. The van der Waals surface area contributed by atoms with Crippen LogP contribution >= 0.6 is 0 Å². The molecule has 4 nitrogen and oxygen atoms in total. The highest BCUT2D eigenvalue weighted by Crippen LogP contribution is 2.13. The largest absolute Gasteiger partial charge is 0.350 e. The second-order valence-electron chi connectivity index (χ2n) is 4.76. The van der Waals surface area contributed by atoms with Crippen molar-refractivity contribution in [1.29, 1.82) is 0 Å². The maximum atomic E-state index is 4.45. The molecule has 2 aromatic heterocycles. The molecule has 2 heterocycles. The minimum absolute atomic E-state index is 0.388. The van der Waals surface area contributed by atoms with Crippen LogP contribution in [-0.2, 0) is 0 Å². The molecule has 0 spiro atoms. The van der Waals surface area contributed by atoms with Crippen LogP contribution in [0.5, 0.6) is 0 Å². The Morgan fingerprint density at radius 2 is 2.12 bits per heavy atom. The molecule has 0 saturated heterocycles. The summed E-state index contributed by atoms with van der Waals surface area (Å²) in [6, 6.07) is 4.42. The predicted molar refractivity (Wildman–Crippen MR) is 70.3 cm³/mol. The number of nitrogens with one attached hydrogen (secondary N) is 1. The van der Waals surface area contributed by atoms with Crippen LogP contribution in [0.1, 0.15) is 32.8 Å². The summed E-state index contributed by atoms with van der Waals surface area (Å²) in [5.74, 6) is 1.33. The molecule has 92 valence electrons. The third-order valence-corrected chi connectivity index (χ3v) is 3.33. The maximum absolute atomic E-state index is 4.45. The van der Waals surface area contributed by atoms with Crippen molar-refractivity contribution in [3.05, 3.63) is 23.9 Å². The lowest BCUT2D eigenvalue weighted by molar-refractivity contribution is 0.492. The summed E-state index contributed by atoms with van der Waals surface area (Å²) in [4.78, 5) is 4.45. The number of fused-ring (bicyclic) bond motifs is 1. The molecule has 1 N–H and O–H groups in total. The minimum atomic E-state index is 0.388. The maximum Gasteiger partial charge on any atom is 0.243 e. The first-order valence-corrected chi connectivity index (χ1v) is 6.19. The molecule has 0 fully saturated rings. The van der Waals surface area contributed by atoms with Crippen LogP contribution < -0.4 is 5.32 Å². The molecule has 0 bridgehead atoms. The molecule has 0 aromatic carbocycles. The fourth-order valence-electron chi connectivity index (χ4n) is 1.75.